The Morgan fingerprint density at radius 3 is 2.22 bits per heavy atom. The first-order valence-electron chi connectivity index (χ1n) is 7.62. The van der Waals surface area contributed by atoms with E-state index in [1.807, 2.05) is 0 Å². The summed E-state index contributed by atoms with van der Waals surface area (Å²) in [6, 6.07) is 12.8. The van der Waals surface area contributed by atoms with Crippen LogP contribution >= 0.6 is 11.3 Å². The monoisotopic (exact) mass is 410 g/mol. The van der Waals surface area contributed by atoms with Gasteiger partial charge in [0, 0.05) is 44.1 Å². The number of alkyl halides is 3. The van der Waals surface area contributed by atoms with Crippen LogP contribution in [0.2, 0.25) is 0 Å². The van der Waals surface area contributed by atoms with E-state index in [0.29, 0.717) is 33.0 Å². The Balaban J connectivity index is 1.71. The minimum Gasteiger partial charge on any atom is -0.322 e. The Bertz CT molecular complexity index is 981. The quantitative estimate of drug-likeness (QED) is 0.671. The van der Waals surface area contributed by atoms with Gasteiger partial charge in [-0.3, -0.25) is 9.00 Å². The summed E-state index contributed by atoms with van der Waals surface area (Å²) in [5.74, 6) is -0.343. The molecule has 1 amide bonds. The zero-order valence-electron chi connectivity index (χ0n) is 13.9. The number of rotatable bonds is 4. The minimum absolute atomic E-state index is 0.230. The molecule has 0 aliphatic carbocycles. The highest BCUT2D eigenvalue weighted by Crippen LogP contribution is 2.34. The van der Waals surface area contributed by atoms with E-state index in [-0.39, 0.29) is 11.6 Å². The number of thiazole rings is 1. The van der Waals surface area contributed by atoms with E-state index in [9.17, 15) is 22.2 Å². The van der Waals surface area contributed by atoms with Crippen LogP contribution < -0.4 is 5.32 Å². The standard InChI is InChI=1S/C18H13F3N2O2S2/c1-27(25)14-8-4-12(5-9-14)16(24)22-13-6-2-11(3-7-13)15-10-26-17(23-15)18(19,20)21/h2-10H,1H3,(H,22,24). The second kappa shape index (κ2) is 7.61. The molecule has 0 radical (unpaired) electrons. The second-order valence-electron chi connectivity index (χ2n) is 5.55. The van der Waals surface area contributed by atoms with Crippen LogP contribution in [0.5, 0.6) is 0 Å². The van der Waals surface area contributed by atoms with Crippen LogP contribution in [0.15, 0.2) is 58.8 Å². The van der Waals surface area contributed by atoms with Gasteiger partial charge in [0.25, 0.3) is 5.91 Å². The van der Waals surface area contributed by atoms with Crippen LogP contribution in [0, 0.1) is 0 Å². The highest BCUT2D eigenvalue weighted by Gasteiger charge is 2.34. The number of benzene rings is 2. The van der Waals surface area contributed by atoms with Gasteiger partial charge in [0.15, 0.2) is 5.01 Å². The van der Waals surface area contributed by atoms with Crippen molar-refractivity contribution in [3.8, 4) is 11.3 Å². The number of aromatic nitrogens is 1. The zero-order valence-corrected chi connectivity index (χ0v) is 15.5. The van der Waals surface area contributed by atoms with Gasteiger partial charge in [-0.1, -0.05) is 12.1 Å². The lowest BCUT2D eigenvalue weighted by atomic mass is 10.1. The molecule has 1 N–H and O–H groups in total. The summed E-state index contributed by atoms with van der Waals surface area (Å²) >= 11 is 0.539. The molecule has 0 aliphatic rings. The number of carbonyl (C=O) groups excluding carboxylic acids is 1. The topological polar surface area (TPSA) is 59.1 Å². The summed E-state index contributed by atoms with van der Waals surface area (Å²) in [5.41, 5.74) is 1.66. The van der Waals surface area contributed by atoms with Crippen molar-refractivity contribution in [2.45, 2.75) is 11.1 Å². The van der Waals surface area contributed by atoms with E-state index in [1.54, 1.807) is 54.8 Å². The van der Waals surface area contributed by atoms with Crippen LogP contribution in [0.4, 0.5) is 18.9 Å². The van der Waals surface area contributed by atoms with Gasteiger partial charge < -0.3 is 5.32 Å². The van der Waals surface area contributed by atoms with Gasteiger partial charge in [-0.05, 0) is 36.4 Å². The summed E-state index contributed by atoms with van der Waals surface area (Å²) in [6.07, 6.45) is -2.91. The van der Waals surface area contributed by atoms with Gasteiger partial charge in [-0.15, -0.1) is 11.3 Å². The van der Waals surface area contributed by atoms with Crippen molar-refractivity contribution in [1.29, 1.82) is 0 Å². The van der Waals surface area contributed by atoms with Crippen LogP contribution in [0.3, 0.4) is 0 Å². The van der Waals surface area contributed by atoms with E-state index < -0.39 is 22.0 Å². The third kappa shape index (κ3) is 4.61. The van der Waals surface area contributed by atoms with Gasteiger partial charge in [0.2, 0.25) is 0 Å². The van der Waals surface area contributed by atoms with E-state index in [1.165, 1.54) is 5.38 Å². The molecule has 27 heavy (non-hydrogen) atoms. The minimum atomic E-state index is -4.46. The normalized spacial score (nSPS) is 12.6. The van der Waals surface area contributed by atoms with Gasteiger partial charge in [-0.2, -0.15) is 13.2 Å². The van der Waals surface area contributed by atoms with E-state index >= 15 is 0 Å². The Hall–Kier alpha value is -2.52. The number of halogens is 3. The second-order valence-corrected chi connectivity index (χ2v) is 7.78. The van der Waals surface area contributed by atoms with E-state index in [2.05, 4.69) is 10.3 Å². The Morgan fingerprint density at radius 2 is 1.70 bits per heavy atom. The van der Waals surface area contributed by atoms with Crippen molar-refractivity contribution < 1.29 is 22.2 Å². The summed E-state index contributed by atoms with van der Waals surface area (Å²) < 4.78 is 49.3. The van der Waals surface area contributed by atoms with Crippen molar-refractivity contribution >= 4 is 33.7 Å². The lowest BCUT2D eigenvalue weighted by Crippen LogP contribution is -2.11. The first-order valence-corrected chi connectivity index (χ1v) is 10.1. The van der Waals surface area contributed by atoms with Gasteiger partial charge in [0.1, 0.15) is 0 Å². The Labute approximate surface area is 159 Å². The molecule has 0 spiro atoms. The summed E-state index contributed by atoms with van der Waals surface area (Å²) in [4.78, 5) is 16.5. The fourth-order valence-electron chi connectivity index (χ4n) is 2.26. The van der Waals surface area contributed by atoms with Crippen molar-refractivity contribution in [1.82, 2.24) is 4.98 Å². The van der Waals surface area contributed by atoms with Crippen LogP contribution in [0.25, 0.3) is 11.3 Å². The average molecular weight is 410 g/mol. The van der Waals surface area contributed by atoms with Crippen LogP contribution in [-0.4, -0.2) is 21.4 Å². The molecule has 0 saturated carbocycles. The molecular weight excluding hydrogens is 397 g/mol. The molecule has 140 valence electrons. The molecule has 0 bridgehead atoms. The third-order valence-electron chi connectivity index (χ3n) is 3.63. The molecule has 1 heterocycles. The van der Waals surface area contributed by atoms with Crippen molar-refractivity contribution in [2.24, 2.45) is 0 Å². The molecule has 4 nitrogen and oxygen atoms in total. The molecule has 9 heteroatoms. The Morgan fingerprint density at radius 1 is 1.07 bits per heavy atom. The SMILES string of the molecule is CS(=O)c1ccc(C(=O)Nc2ccc(-c3csc(C(F)(F)F)n3)cc2)cc1. The van der Waals surface area contributed by atoms with Crippen molar-refractivity contribution in [3.63, 3.8) is 0 Å². The highest BCUT2D eigenvalue weighted by atomic mass is 32.2. The molecule has 3 aromatic rings. The fourth-order valence-corrected chi connectivity index (χ4v) is 3.48. The maximum atomic E-state index is 12.6. The predicted octanol–water partition coefficient (Wildman–Crippen LogP) is 4.82. The number of nitrogens with one attached hydrogen (secondary N) is 1. The molecule has 0 saturated heterocycles. The molecule has 1 unspecified atom stereocenters. The number of hydrogen-bond donors (Lipinski definition) is 1. The van der Waals surface area contributed by atoms with E-state index in [0.717, 1.165) is 0 Å². The fraction of sp³-hybridized carbons (Fsp3) is 0.111. The maximum absolute atomic E-state index is 12.6. The Kier molecular flexibility index (Phi) is 5.43. The average Bonchev–Trinajstić information content (AvgIpc) is 3.13. The smallest absolute Gasteiger partial charge is 0.322 e. The van der Waals surface area contributed by atoms with Crippen LogP contribution in [0.1, 0.15) is 15.4 Å². The zero-order chi connectivity index (χ0) is 19.6. The van der Waals surface area contributed by atoms with E-state index in [4.69, 9.17) is 0 Å². The van der Waals surface area contributed by atoms with Gasteiger partial charge in [0.05, 0.1) is 5.69 Å². The molecule has 1 atom stereocenters. The number of anilines is 1. The summed E-state index contributed by atoms with van der Waals surface area (Å²) in [6.45, 7) is 0. The predicted molar refractivity (Wildman–Crippen MR) is 99.3 cm³/mol. The molecule has 1 aromatic heterocycles. The molecule has 0 aliphatic heterocycles. The molecule has 3 rings (SSSR count). The first kappa shape index (κ1) is 19.2. The number of amides is 1. The number of nitrogens with zero attached hydrogens (tertiary/aromatic N) is 1. The summed E-state index contributed by atoms with van der Waals surface area (Å²) in [5, 5.41) is 3.15. The van der Waals surface area contributed by atoms with Gasteiger partial charge in [-0.25, -0.2) is 4.98 Å². The first-order chi connectivity index (χ1) is 12.7. The summed E-state index contributed by atoms with van der Waals surface area (Å²) in [7, 11) is -1.12. The number of carbonyl (C=O) groups is 1. The molecule has 2 aromatic carbocycles. The van der Waals surface area contributed by atoms with Gasteiger partial charge >= 0.3 is 6.18 Å². The number of hydrogen-bond acceptors (Lipinski definition) is 4. The molecular formula is C18H13F3N2O2S2. The lowest BCUT2D eigenvalue weighted by Gasteiger charge is -2.07. The largest absolute Gasteiger partial charge is 0.443 e. The van der Waals surface area contributed by atoms with Crippen LogP contribution in [-0.2, 0) is 17.0 Å². The lowest BCUT2D eigenvalue weighted by molar-refractivity contribution is -0.137. The van der Waals surface area contributed by atoms with Crippen molar-refractivity contribution in [2.75, 3.05) is 11.6 Å². The molecule has 0 fully saturated rings. The van der Waals surface area contributed by atoms with Crippen molar-refractivity contribution in [3.05, 3.63) is 64.5 Å². The maximum Gasteiger partial charge on any atom is 0.443 e. The highest BCUT2D eigenvalue weighted by molar-refractivity contribution is 7.84. The third-order valence-corrected chi connectivity index (χ3v) is 5.46.